The van der Waals surface area contributed by atoms with Crippen LogP contribution in [0.15, 0.2) is 18.2 Å². The maximum absolute atomic E-state index is 9.28. The molecule has 1 aliphatic heterocycles. The smallest absolute Gasteiger partial charge is 0.134 e. The second kappa shape index (κ2) is 4.73. The molecule has 0 aliphatic carbocycles. The molecule has 0 spiro atoms. The van der Waals surface area contributed by atoms with Gasteiger partial charge in [0.05, 0.1) is 5.02 Å². The molecule has 0 saturated carbocycles. The van der Waals surface area contributed by atoms with Gasteiger partial charge < -0.3 is 15.7 Å². The minimum Gasteiger partial charge on any atom is -0.506 e. The van der Waals surface area contributed by atoms with Gasteiger partial charge in [-0.2, -0.15) is 0 Å². The quantitative estimate of drug-likeness (QED) is 0.678. The number of anilines is 1. The fourth-order valence-corrected chi connectivity index (χ4v) is 1.98. The van der Waals surface area contributed by atoms with Crippen LogP contribution in [0.2, 0.25) is 5.02 Å². The van der Waals surface area contributed by atoms with E-state index in [1.165, 1.54) is 0 Å². The van der Waals surface area contributed by atoms with Crippen molar-refractivity contribution in [1.82, 2.24) is 5.32 Å². The summed E-state index contributed by atoms with van der Waals surface area (Å²) in [6.45, 7) is 2.12. The van der Waals surface area contributed by atoms with Crippen molar-refractivity contribution in [3.05, 3.63) is 23.2 Å². The van der Waals surface area contributed by atoms with E-state index in [9.17, 15) is 5.11 Å². The highest BCUT2D eigenvalue weighted by atomic mass is 35.5. The Morgan fingerprint density at radius 1 is 1.33 bits per heavy atom. The molecule has 1 aromatic carbocycles. The summed E-state index contributed by atoms with van der Waals surface area (Å²) in [4.78, 5) is 0. The predicted octanol–water partition coefficient (Wildman–Crippen LogP) is 2.21. The molecule has 15 heavy (non-hydrogen) atoms. The average molecular weight is 227 g/mol. The van der Waals surface area contributed by atoms with Gasteiger partial charge in [-0.25, -0.2) is 0 Å². The zero-order valence-corrected chi connectivity index (χ0v) is 9.22. The number of phenols is 1. The Morgan fingerprint density at radius 2 is 2.07 bits per heavy atom. The summed E-state index contributed by atoms with van der Waals surface area (Å²) < 4.78 is 0. The molecular weight excluding hydrogens is 212 g/mol. The highest BCUT2D eigenvalue weighted by Gasteiger charge is 2.12. The van der Waals surface area contributed by atoms with Gasteiger partial charge in [0, 0.05) is 11.7 Å². The minimum atomic E-state index is 0.132. The van der Waals surface area contributed by atoms with Crippen LogP contribution in [0.25, 0.3) is 0 Å². The van der Waals surface area contributed by atoms with Gasteiger partial charge in [-0.05, 0) is 44.1 Å². The van der Waals surface area contributed by atoms with Crippen molar-refractivity contribution in [2.75, 3.05) is 18.4 Å². The van der Waals surface area contributed by atoms with Gasteiger partial charge in [0.2, 0.25) is 0 Å². The number of rotatable bonds is 2. The lowest BCUT2D eigenvalue weighted by Crippen LogP contribution is -2.35. The molecule has 1 aromatic rings. The number of benzene rings is 1. The van der Waals surface area contributed by atoms with Crippen LogP contribution in [0.5, 0.6) is 5.75 Å². The van der Waals surface area contributed by atoms with E-state index in [0.29, 0.717) is 11.1 Å². The first-order chi connectivity index (χ1) is 7.25. The summed E-state index contributed by atoms with van der Waals surface area (Å²) in [7, 11) is 0. The lowest BCUT2D eigenvalue weighted by atomic mass is 10.1. The fraction of sp³-hybridized carbons (Fsp3) is 0.455. The molecule has 0 radical (unpaired) electrons. The number of phenolic OH excluding ortho intramolecular Hbond substituents is 1. The topological polar surface area (TPSA) is 44.3 Å². The summed E-state index contributed by atoms with van der Waals surface area (Å²) in [5.74, 6) is 0.132. The molecule has 0 atom stereocenters. The number of hydrogen-bond acceptors (Lipinski definition) is 3. The molecule has 0 unspecified atom stereocenters. The number of hydrogen-bond donors (Lipinski definition) is 3. The van der Waals surface area contributed by atoms with Crippen LogP contribution in [0.4, 0.5) is 5.69 Å². The highest BCUT2D eigenvalue weighted by molar-refractivity contribution is 6.32. The molecule has 2 rings (SSSR count). The lowest BCUT2D eigenvalue weighted by molar-refractivity contribution is 0.474. The summed E-state index contributed by atoms with van der Waals surface area (Å²) in [6.07, 6.45) is 2.25. The summed E-state index contributed by atoms with van der Waals surface area (Å²) in [5, 5.41) is 16.4. The van der Waals surface area contributed by atoms with Crippen LogP contribution >= 0.6 is 11.6 Å². The first-order valence-corrected chi connectivity index (χ1v) is 5.59. The third kappa shape index (κ3) is 2.76. The Hall–Kier alpha value is -0.930. The van der Waals surface area contributed by atoms with Crippen molar-refractivity contribution < 1.29 is 5.11 Å². The standard InChI is InChI=1S/C11H15ClN2O/c12-10-7-9(1-2-11(10)15)14-8-3-5-13-6-4-8/h1-2,7-8,13-15H,3-6H2. The molecule has 1 heterocycles. The van der Waals surface area contributed by atoms with Gasteiger partial charge in [0.25, 0.3) is 0 Å². The Balaban J connectivity index is 2.00. The second-order valence-corrected chi connectivity index (χ2v) is 4.24. The van der Waals surface area contributed by atoms with E-state index in [1.54, 1.807) is 12.1 Å². The van der Waals surface area contributed by atoms with E-state index in [1.807, 2.05) is 6.07 Å². The Morgan fingerprint density at radius 3 is 2.73 bits per heavy atom. The van der Waals surface area contributed by atoms with Gasteiger partial charge in [-0.15, -0.1) is 0 Å². The zero-order chi connectivity index (χ0) is 10.7. The predicted molar refractivity (Wildman–Crippen MR) is 62.6 cm³/mol. The van der Waals surface area contributed by atoms with Gasteiger partial charge in [0.1, 0.15) is 5.75 Å². The first-order valence-electron chi connectivity index (χ1n) is 5.21. The number of aromatic hydroxyl groups is 1. The Kier molecular flexibility index (Phi) is 3.34. The number of piperidine rings is 1. The SMILES string of the molecule is Oc1ccc(NC2CCNCC2)cc1Cl. The van der Waals surface area contributed by atoms with Crippen LogP contribution < -0.4 is 10.6 Å². The molecule has 0 amide bonds. The van der Waals surface area contributed by atoms with Crippen molar-refractivity contribution in [1.29, 1.82) is 0 Å². The van der Waals surface area contributed by atoms with Gasteiger partial charge in [-0.3, -0.25) is 0 Å². The van der Waals surface area contributed by atoms with Crippen molar-refractivity contribution in [3.63, 3.8) is 0 Å². The molecule has 0 aromatic heterocycles. The summed E-state index contributed by atoms with van der Waals surface area (Å²) in [5.41, 5.74) is 0.977. The van der Waals surface area contributed by atoms with Crippen LogP contribution in [-0.4, -0.2) is 24.2 Å². The monoisotopic (exact) mass is 226 g/mol. The van der Waals surface area contributed by atoms with E-state index >= 15 is 0 Å². The van der Waals surface area contributed by atoms with Crippen LogP contribution in [-0.2, 0) is 0 Å². The van der Waals surface area contributed by atoms with Crippen LogP contribution in [0, 0.1) is 0 Å². The normalized spacial score (nSPS) is 17.7. The van der Waals surface area contributed by atoms with Gasteiger partial charge in [0.15, 0.2) is 0 Å². The first kappa shape index (κ1) is 10.6. The van der Waals surface area contributed by atoms with E-state index in [2.05, 4.69) is 10.6 Å². The maximum Gasteiger partial charge on any atom is 0.134 e. The molecule has 3 N–H and O–H groups in total. The largest absolute Gasteiger partial charge is 0.506 e. The van der Waals surface area contributed by atoms with E-state index in [0.717, 1.165) is 31.6 Å². The number of nitrogens with one attached hydrogen (secondary N) is 2. The Bertz CT molecular complexity index is 337. The van der Waals surface area contributed by atoms with E-state index in [4.69, 9.17) is 11.6 Å². The highest BCUT2D eigenvalue weighted by Crippen LogP contribution is 2.26. The molecule has 1 fully saturated rings. The Labute approximate surface area is 94.4 Å². The zero-order valence-electron chi connectivity index (χ0n) is 8.46. The fourth-order valence-electron chi connectivity index (χ4n) is 1.80. The molecule has 4 heteroatoms. The molecule has 3 nitrogen and oxygen atoms in total. The summed E-state index contributed by atoms with van der Waals surface area (Å²) in [6, 6.07) is 5.74. The van der Waals surface area contributed by atoms with Crippen molar-refractivity contribution in [2.24, 2.45) is 0 Å². The summed E-state index contributed by atoms with van der Waals surface area (Å²) >= 11 is 5.83. The van der Waals surface area contributed by atoms with Crippen molar-refractivity contribution in [2.45, 2.75) is 18.9 Å². The van der Waals surface area contributed by atoms with Crippen molar-refractivity contribution >= 4 is 17.3 Å². The lowest BCUT2D eigenvalue weighted by Gasteiger charge is -2.24. The number of halogens is 1. The minimum absolute atomic E-state index is 0.132. The van der Waals surface area contributed by atoms with Gasteiger partial charge >= 0.3 is 0 Å². The third-order valence-corrected chi connectivity index (χ3v) is 2.96. The van der Waals surface area contributed by atoms with Crippen LogP contribution in [0.3, 0.4) is 0 Å². The molecule has 1 aliphatic rings. The van der Waals surface area contributed by atoms with Gasteiger partial charge in [-0.1, -0.05) is 11.6 Å². The maximum atomic E-state index is 9.28. The molecular formula is C11H15ClN2O. The van der Waals surface area contributed by atoms with Crippen LogP contribution in [0.1, 0.15) is 12.8 Å². The molecule has 0 bridgehead atoms. The third-order valence-electron chi connectivity index (χ3n) is 2.66. The molecule has 82 valence electrons. The average Bonchev–Trinajstić information content (AvgIpc) is 2.25. The van der Waals surface area contributed by atoms with E-state index < -0.39 is 0 Å². The van der Waals surface area contributed by atoms with E-state index in [-0.39, 0.29) is 5.75 Å². The molecule has 1 saturated heterocycles. The second-order valence-electron chi connectivity index (χ2n) is 3.83. The van der Waals surface area contributed by atoms with Crippen molar-refractivity contribution in [3.8, 4) is 5.75 Å².